The summed E-state index contributed by atoms with van der Waals surface area (Å²) in [5.74, 6) is -0.130. The SMILES string of the molecule is COC(=O)CCCN(C)Cc1ccc(C)cc1C. The minimum absolute atomic E-state index is 0.130. The predicted molar refractivity (Wildman–Crippen MR) is 73.5 cm³/mol. The molecule has 18 heavy (non-hydrogen) atoms. The molecule has 0 fully saturated rings. The van der Waals surface area contributed by atoms with Crippen LogP contribution in [-0.4, -0.2) is 31.6 Å². The van der Waals surface area contributed by atoms with Crippen LogP contribution in [0.1, 0.15) is 29.5 Å². The molecule has 0 saturated heterocycles. The maximum atomic E-state index is 11.0. The van der Waals surface area contributed by atoms with E-state index in [-0.39, 0.29) is 5.97 Å². The number of hydrogen-bond acceptors (Lipinski definition) is 3. The van der Waals surface area contributed by atoms with Crippen molar-refractivity contribution < 1.29 is 9.53 Å². The first-order valence-electron chi connectivity index (χ1n) is 6.34. The van der Waals surface area contributed by atoms with E-state index in [9.17, 15) is 4.79 Å². The van der Waals surface area contributed by atoms with Crippen LogP contribution in [0.4, 0.5) is 0 Å². The number of carbonyl (C=O) groups excluding carboxylic acids is 1. The van der Waals surface area contributed by atoms with Crippen LogP contribution in [0.15, 0.2) is 18.2 Å². The summed E-state index contributed by atoms with van der Waals surface area (Å²) >= 11 is 0. The van der Waals surface area contributed by atoms with E-state index in [0.29, 0.717) is 6.42 Å². The Balaban J connectivity index is 2.39. The molecule has 0 aliphatic rings. The Morgan fingerprint density at radius 1 is 1.33 bits per heavy atom. The predicted octanol–water partition coefficient (Wildman–Crippen LogP) is 2.69. The highest BCUT2D eigenvalue weighted by Crippen LogP contribution is 2.12. The van der Waals surface area contributed by atoms with Gasteiger partial charge in [-0.2, -0.15) is 0 Å². The van der Waals surface area contributed by atoms with Crippen molar-refractivity contribution in [3.8, 4) is 0 Å². The number of ether oxygens (including phenoxy) is 1. The molecule has 0 aliphatic heterocycles. The molecule has 0 amide bonds. The number of rotatable bonds is 6. The van der Waals surface area contributed by atoms with E-state index in [4.69, 9.17) is 0 Å². The molecule has 0 aliphatic carbocycles. The molecule has 1 rings (SSSR count). The average Bonchev–Trinajstić information content (AvgIpc) is 2.32. The van der Waals surface area contributed by atoms with Crippen molar-refractivity contribution in [3.63, 3.8) is 0 Å². The molecule has 0 unspecified atom stereocenters. The molecule has 100 valence electrons. The molecule has 0 N–H and O–H groups in total. The Hall–Kier alpha value is -1.35. The van der Waals surface area contributed by atoms with Crippen LogP contribution < -0.4 is 0 Å². The van der Waals surface area contributed by atoms with Gasteiger partial charge in [-0.25, -0.2) is 0 Å². The fourth-order valence-electron chi connectivity index (χ4n) is 1.99. The molecular formula is C15H23NO2. The van der Waals surface area contributed by atoms with Crippen LogP contribution in [0.2, 0.25) is 0 Å². The normalized spacial score (nSPS) is 10.7. The highest BCUT2D eigenvalue weighted by molar-refractivity contribution is 5.69. The lowest BCUT2D eigenvalue weighted by molar-refractivity contribution is -0.140. The Morgan fingerprint density at radius 2 is 2.06 bits per heavy atom. The van der Waals surface area contributed by atoms with Gasteiger partial charge in [-0.15, -0.1) is 0 Å². The van der Waals surface area contributed by atoms with Crippen molar-refractivity contribution in [2.45, 2.75) is 33.2 Å². The van der Waals surface area contributed by atoms with Crippen molar-refractivity contribution in [2.24, 2.45) is 0 Å². The minimum Gasteiger partial charge on any atom is -0.469 e. The molecule has 0 aromatic heterocycles. The lowest BCUT2D eigenvalue weighted by Crippen LogP contribution is -2.20. The summed E-state index contributed by atoms with van der Waals surface area (Å²) < 4.78 is 4.63. The number of benzene rings is 1. The molecule has 0 spiro atoms. The van der Waals surface area contributed by atoms with Crippen LogP contribution in [-0.2, 0) is 16.1 Å². The van der Waals surface area contributed by atoms with Crippen LogP contribution in [0.3, 0.4) is 0 Å². The number of hydrogen-bond donors (Lipinski definition) is 0. The second-order valence-electron chi connectivity index (χ2n) is 4.85. The monoisotopic (exact) mass is 249 g/mol. The van der Waals surface area contributed by atoms with Gasteiger partial charge in [-0.05, 0) is 45.0 Å². The maximum absolute atomic E-state index is 11.0. The van der Waals surface area contributed by atoms with Crippen molar-refractivity contribution >= 4 is 5.97 Å². The number of carbonyl (C=O) groups is 1. The number of nitrogens with zero attached hydrogens (tertiary/aromatic N) is 1. The van der Waals surface area contributed by atoms with E-state index in [1.807, 2.05) is 0 Å². The molecule has 0 saturated carbocycles. The fraction of sp³-hybridized carbons (Fsp3) is 0.533. The van der Waals surface area contributed by atoms with Crippen LogP contribution >= 0.6 is 0 Å². The van der Waals surface area contributed by atoms with Gasteiger partial charge in [0.25, 0.3) is 0 Å². The molecule has 1 aromatic rings. The molecule has 0 bridgehead atoms. The van der Waals surface area contributed by atoms with E-state index in [0.717, 1.165) is 19.5 Å². The average molecular weight is 249 g/mol. The van der Waals surface area contributed by atoms with E-state index in [1.54, 1.807) is 0 Å². The summed E-state index contributed by atoms with van der Waals surface area (Å²) in [7, 11) is 3.51. The summed E-state index contributed by atoms with van der Waals surface area (Å²) in [6.07, 6.45) is 1.34. The van der Waals surface area contributed by atoms with Crippen LogP contribution in [0.5, 0.6) is 0 Å². The van der Waals surface area contributed by atoms with E-state index >= 15 is 0 Å². The topological polar surface area (TPSA) is 29.5 Å². The van der Waals surface area contributed by atoms with Gasteiger partial charge in [-0.1, -0.05) is 23.8 Å². The molecule has 1 aromatic carbocycles. The lowest BCUT2D eigenvalue weighted by atomic mass is 10.1. The first kappa shape index (κ1) is 14.7. The van der Waals surface area contributed by atoms with Gasteiger partial charge in [0.05, 0.1) is 7.11 Å². The molecule has 3 heteroatoms. The molecule has 3 nitrogen and oxygen atoms in total. The number of aryl methyl sites for hydroxylation is 2. The molecular weight excluding hydrogens is 226 g/mol. The van der Waals surface area contributed by atoms with Gasteiger partial charge in [-0.3, -0.25) is 4.79 Å². The zero-order valence-electron chi connectivity index (χ0n) is 11.8. The fourth-order valence-corrected chi connectivity index (χ4v) is 1.99. The summed E-state index contributed by atoms with van der Waals surface area (Å²) in [5.41, 5.74) is 3.97. The molecule has 0 heterocycles. The van der Waals surface area contributed by atoms with Crippen molar-refractivity contribution in [2.75, 3.05) is 20.7 Å². The Labute approximate surface area is 110 Å². The summed E-state index contributed by atoms with van der Waals surface area (Å²) in [6, 6.07) is 6.53. The highest BCUT2D eigenvalue weighted by Gasteiger charge is 2.05. The third-order valence-corrected chi connectivity index (χ3v) is 3.09. The summed E-state index contributed by atoms with van der Waals surface area (Å²) in [4.78, 5) is 13.2. The van der Waals surface area contributed by atoms with Gasteiger partial charge in [0.2, 0.25) is 0 Å². The van der Waals surface area contributed by atoms with E-state index < -0.39 is 0 Å². The zero-order chi connectivity index (χ0) is 13.5. The van der Waals surface area contributed by atoms with E-state index in [1.165, 1.54) is 23.8 Å². The number of esters is 1. The lowest BCUT2D eigenvalue weighted by Gasteiger charge is -2.18. The summed E-state index contributed by atoms with van der Waals surface area (Å²) in [6.45, 7) is 6.08. The van der Waals surface area contributed by atoms with Gasteiger partial charge in [0.15, 0.2) is 0 Å². The molecule has 0 radical (unpaired) electrons. The largest absolute Gasteiger partial charge is 0.469 e. The van der Waals surface area contributed by atoms with Gasteiger partial charge in [0, 0.05) is 13.0 Å². The zero-order valence-corrected chi connectivity index (χ0v) is 11.8. The van der Waals surface area contributed by atoms with Gasteiger partial charge < -0.3 is 9.64 Å². The Kier molecular flexibility index (Phi) is 5.86. The van der Waals surface area contributed by atoms with Crippen molar-refractivity contribution in [1.29, 1.82) is 0 Å². The first-order valence-corrected chi connectivity index (χ1v) is 6.34. The summed E-state index contributed by atoms with van der Waals surface area (Å²) in [5, 5.41) is 0. The quantitative estimate of drug-likeness (QED) is 0.726. The first-order chi connectivity index (χ1) is 8.52. The van der Waals surface area contributed by atoms with Crippen molar-refractivity contribution in [3.05, 3.63) is 34.9 Å². The van der Waals surface area contributed by atoms with Gasteiger partial charge in [0.1, 0.15) is 0 Å². The van der Waals surface area contributed by atoms with Crippen LogP contribution in [0, 0.1) is 13.8 Å². The third kappa shape index (κ3) is 4.88. The standard InChI is InChI=1S/C15H23NO2/c1-12-7-8-14(13(2)10-12)11-16(3)9-5-6-15(17)18-4/h7-8,10H,5-6,9,11H2,1-4H3. The maximum Gasteiger partial charge on any atom is 0.305 e. The third-order valence-electron chi connectivity index (χ3n) is 3.09. The Morgan fingerprint density at radius 3 is 2.67 bits per heavy atom. The minimum atomic E-state index is -0.130. The van der Waals surface area contributed by atoms with Crippen LogP contribution in [0.25, 0.3) is 0 Å². The van der Waals surface area contributed by atoms with E-state index in [2.05, 4.69) is 48.7 Å². The Bertz CT molecular complexity index is 401. The second-order valence-corrected chi connectivity index (χ2v) is 4.85. The smallest absolute Gasteiger partial charge is 0.305 e. The second kappa shape index (κ2) is 7.17. The number of methoxy groups -OCH3 is 1. The molecule has 0 atom stereocenters. The van der Waals surface area contributed by atoms with Gasteiger partial charge >= 0.3 is 5.97 Å². The highest BCUT2D eigenvalue weighted by atomic mass is 16.5. The van der Waals surface area contributed by atoms with Crippen molar-refractivity contribution in [1.82, 2.24) is 4.90 Å².